The molecule has 4 N–H and O–H groups in total. The Morgan fingerprint density at radius 3 is 2.69 bits per heavy atom. The molecule has 0 radical (unpaired) electrons. The maximum Gasteiger partial charge on any atom is 0.319 e. The van der Waals surface area contributed by atoms with Crippen molar-refractivity contribution in [2.24, 2.45) is 11.7 Å². The van der Waals surface area contributed by atoms with Crippen molar-refractivity contribution in [3.05, 3.63) is 42.2 Å². The van der Waals surface area contributed by atoms with Crippen LogP contribution in [0.3, 0.4) is 0 Å². The summed E-state index contributed by atoms with van der Waals surface area (Å²) in [5.74, 6) is -0.366. The summed E-state index contributed by atoms with van der Waals surface area (Å²) >= 11 is 0. The van der Waals surface area contributed by atoms with Crippen LogP contribution in [0.1, 0.15) is 63.1 Å². The molecule has 36 heavy (non-hydrogen) atoms. The van der Waals surface area contributed by atoms with Crippen LogP contribution < -0.4 is 16.4 Å². The van der Waals surface area contributed by atoms with E-state index in [0.717, 1.165) is 35.6 Å². The van der Waals surface area contributed by atoms with Gasteiger partial charge in [-0.25, -0.2) is 0 Å². The van der Waals surface area contributed by atoms with Crippen LogP contribution in [-0.2, 0) is 19.1 Å². The third kappa shape index (κ3) is 6.39. The Kier molecular flexibility index (Phi) is 8.88. The summed E-state index contributed by atoms with van der Waals surface area (Å²) in [5, 5.41) is 8.00. The number of hydrogen-bond donors (Lipinski definition) is 3. The van der Waals surface area contributed by atoms with E-state index in [0.29, 0.717) is 25.3 Å². The molecule has 2 aromatic rings. The minimum atomic E-state index is -0.692. The molecule has 1 aliphatic carbocycles. The van der Waals surface area contributed by atoms with E-state index in [1.807, 2.05) is 24.3 Å². The number of pyridine rings is 1. The highest BCUT2D eigenvalue weighted by Gasteiger charge is 2.38. The molecule has 1 aromatic heterocycles. The first-order valence-corrected chi connectivity index (χ1v) is 13.0. The standard InChI is InChI=1S/C27H37N5O4/c1-36-24(33)17-30-22(14-18-6-3-2-4-7-18)27(35)32-13-5-8-23(32)26(34)31-25(28)20-9-10-21-16-29-12-11-19(21)15-20/h9-12,15-16,18,22-23,25,30H,2-8,13-14,17,28H2,1H3,(H,31,34)/t22?,23-,25?/m0/s1. The first-order valence-electron chi connectivity index (χ1n) is 13.0. The molecule has 2 heterocycles. The Bertz CT molecular complexity index is 1070. The quantitative estimate of drug-likeness (QED) is 0.360. The van der Waals surface area contributed by atoms with Gasteiger partial charge in [-0.3, -0.25) is 24.7 Å². The fraction of sp³-hybridized carbons (Fsp3) is 0.556. The molecule has 0 bridgehead atoms. The number of carbonyl (C=O) groups is 3. The molecule has 1 saturated heterocycles. The number of benzene rings is 1. The van der Waals surface area contributed by atoms with Crippen molar-refractivity contribution < 1.29 is 19.1 Å². The van der Waals surface area contributed by atoms with Crippen LogP contribution in [0.4, 0.5) is 0 Å². The second-order valence-corrected chi connectivity index (χ2v) is 9.91. The third-order valence-corrected chi connectivity index (χ3v) is 7.47. The molecule has 1 aromatic carbocycles. The number of likely N-dealkylation sites (tertiary alicyclic amines) is 1. The van der Waals surface area contributed by atoms with Gasteiger partial charge in [-0.05, 0) is 48.3 Å². The van der Waals surface area contributed by atoms with Crippen molar-refractivity contribution in [2.75, 3.05) is 20.2 Å². The molecule has 3 atom stereocenters. The van der Waals surface area contributed by atoms with Gasteiger partial charge in [0.05, 0.1) is 19.7 Å². The molecule has 9 nitrogen and oxygen atoms in total. The van der Waals surface area contributed by atoms with Crippen molar-refractivity contribution in [2.45, 2.75) is 69.6 Å². The summed E-state index contributed by atoms with van der Waals surface area (Å²) in [6, 6.07) is 6.54. The Hall–Kier alpha value is -3.04. The van der Waals surface area contributed by atoms with Gasteiger partial charge in [-0.15, -0.1) is 0 Å². The molecule has 2 aliphatic rings. The van der Waals surface area contributed by atoms with Crippen molar-refractivity contribution in [3.63, 3.8) is 0 Å². The normalized spacial score (nSPS) is 20.2. The zero-order valence-corrected chi connectivity index (χ0v) is 20.9. The zero-order chi connectivity index (χ0) is 25.5. The zero-order valence-electron chi connectivity index (χ0n) is 20.9. The predicted octanol–water partition coefficient (Wildman–Crippen LogP) is 2.40. The van der Waals surface area contributed by atoms with Gasteiger partial charge in [0.1, 0.15) is 12.2 Å². The average Bonchev–Trinajstić information content (AvgIpc) is 3.41. The molecule has 4 rings (SSSR count). The number of ether oxygens (including phenoxy) is 1. The lowest BCUT2D eigenvalue weighted by Gasteiger charge is -2.32. The van der Waals surface area contributed by atoms with Gasteiger partial charge in [0.25, 0.3) is 0 Å². The number of esters is 1. The molecule has 0 spiro atoms. The van der Waals surface area contributed by atoms with Crippen molar-refractivity contribution in [3.8, 4) is 0 Å². The van der Waals surface area contributed by atoms with Crippen LogP contribution in [-0.4, -0.2) is 60.0 Å². The smallest absolute Gasteiger partial charge is 0.319 e. The van der Waals surface area contributed by atoms with Gasteiger partial charge in [-0.1, -0.05) is 44.2 Å². The summed E-state index contributed by atoms with van der Waals surface area (Å²) in [6.07, 6.45) is 10.5. The number of fused-ring (bicyclic) bond motifs is 1. The van der Waals surface area contributed by atoms with Crippen LogP contribution in [0, 0.1) is 5.92 Å². The lowest BCUT2D eigenvalue weighted by molar-refractivity contribution is -0.142. The molecular weight excluding hydrogens is 458 g/mol. The average molecular weight is 496 g/mol. The van der Waals surface area contributed by atoms with Crippen molar-refractivity contribution >= 4 is 28.6 Å². The summed E-state index contributed by atoms with van der Waals surface area (Å²) in [5.41, 5.74) is 7.13. The van der Waals surface area contributed by atoms with E-state index in [2.05, 4.69) is 15.6 Å². The highest BCUT2D eigenvalue weighted by atomic mass is 16.5. The van der Waals surface area contributed by atoms with Gasteiger partial charge in [0, 0.05) is 24.3 Å². The molecule has 194 valence electrons. The highest BCUT2D eigenvalue weighted by Crippen LogP contribution is 2.29. The summed E-state index contributed by atoms with van der Waals surface area (Å²) in [4.78, 5) is 44.4. The maximum atomic E-state index is 13.6. The van der Waals surface area contributed by atoms with Gasteiger partial charge in [0.2, 0.25) is 11.8 Å². The van der Waals surface area contributed by atoms with E-state index in [1.165, 1.54) is 26.4 Å². The topological polar surface area (TPSA) is 127 Å². The Labute approximate surface area is 212 Å². The second-order valence-electron chi connectivity index (χ2n) is 9.91. The molecule has 1 saturated carbocycles. The van der Waals surface area contributed by atoms with Crippen LogP contribution in [0.5, 0.6) is 0 Å². The molecule has 2 unspecified atom stereocenters. The number of carbonyl (C=O) groups excluding carboxylic acids is 3. The number of methoxy groups -OCH3 is 1. The fourth-order valence-electron chi connectivity index (χ4n) is 5.44. The van der Waals surface area contributed by atoms with Crippen molar-refractivity contribution in [1.29, 1.82) is 0 Å². The number of aromatic nitrogens is 1. The van der Waals surface area contributed by atoms with E-state index in [4.69, 9.17) is 10.5 Å². The number of nitrogens with one attached hydrogen (secondary N) is 2. The monoisotopic (exact) mass is 495 g/mol. The number of hydrogen-bond acceptors (Lipinski definition) is 7. The fourth-order valence-corrected chi connectivity index (χ4v) is 5.44. The predicted molar refractivity (Wildman–Crippen MR) is 137 cm³/mol. The second kappa shape index (κ2) is 12.3. The molecule has 9 heteroatoms. The number of rotatable bonds is 9. The van der Waals surface area contributed by atoms with Crippen LogP contribution >= 0.6 is 0 Å². The minimum Gasteiger partial charge on any atom is -0.468 e. The SMILES string of the molecule is COC(=O)CNC(CC1CCCCC1)C(=O)N1CCC[C@H]1C(=O)NC(N)c1ccc2cnccc2c1. The van der Waals surface area contributed by atoms with Gasteiger partial charge in [0.15, 0.2) is 0 Å². The van der Waals surface area contributed by atoms with E-state index in [1.54, 1.807) is 17.3 Å². The van der Waals surface area contributed by atoms with E-state index in [9.17, 15) is 14.4 Å². The van der Waals surface area contributed by atoms with Crippen LogP contribution in [0.25, 0.3) is 10.8 Å². The van der Waals surface area contributed by atoms with Gasteiger partial charge < -0.3 is 20.7 Å². The van der Waals surface area contributed by atoms with E-state index in [-0.39, 0.29) is 18.4 Å². The summed E-state index contributed by atoms with van der Waals surface area (Å²) < 4.78 is 4.76. The maximum absolute atomic E-state index is 13.6. The van der Waals surface area contributed by atoms with Crippen LogP contribution in [0.2, 0.25) is 0 Å². The summed E-state index contributed by atoms with van der Waals surface area (Å²) in [7, 11) is 1.33. The minimum absolute atomic E-state index is 0.0350. The highest BCUT2D eigenvalue weighted by molar-refractivity contribution is 5.91. The van der Waals surface area contributed by atoms with Crippen LogP contribution in [0.15, 0.2) is 36.7 Å². The Morgan fingerprint density at radius 1 is 1.11 bits per heavy atom. The Morgan fingerprint density at radius 2 is 1.92 bits per heavy atom. The molecule has 2 fully saturated rings. The number of amides is 2. The molecule has 2 amide bonds. The van der Waals surface area contributed by atoms with Crippen molar-refractivity contribution in [1.82, 2.24) is 20.5 Å². The van der Waals surface area contributed by atoms with E-state index >= 15 is 0 Å². The first-order chi connectivity index (χ1) is 17.5. The van der Waals surface area contributed by atoms with Gasteiger partial charge in [-0.2, -0.15) is 0 Å². The Balaban J connectivity index is 1.42. The number of nitrogens with two attached hydrogens (primary N) is 1. The van der Waals surface area contributed by atoms with Gasteiger partial charge >= 0.3 is 5.97 Å². The first kappa shape index (κ1) is 26.0. The summed E-state index contributed by atoms with van der Waals surface area (Å²) in [6.45, 7) is 0.475. The largest absolute Gasteiger partial charge is 0.468 e. The molecule has 1 aliphatic heterocycles. The molecular formula is C27H37N5O4. The number of nitrogens with zero attached hydrogens (tertiary/aromatic N) is 2. The lowest BCUT2D eigenvalue weighted by atomic mass is 9.84. The lowest BCUT2D eigenvalue weighted by Crippen LogP contribution is -2.54. The third-order valence-electron chi connectivity index (χ3n) is 7.47. The van der Waals surface area contributed by atoms with E-state index < -0.39 is 24.2 Å².